The minimum absolute atomic E-state index is 0.104. The van der Waals surface area contributed by atoms with Gasteiger partial charge in [0.15, 0.2) is 0 Å². The van der Waals surface area contributed by atoms with Crippen molar-refractivity contribution >= 4 is 15.9 Å². The van der Waals surface area contributed by atoms with Gasteiger partial charge in [-0.25, -0.2) is 8.42 Å². The molecule has 1 amide bonds. The smallest absolute Gasteiger partial charge is 0.243 e. The molecule has 2 aromatic carbocycles. The second-order valence-electron chi connectivity index (χ2n) is 8.80. The lowest BCUT2D eigenvalue weighted by atomic mass is 9.98. The van der Waals surface area contributed by atoms with E-state index in [0.717, 1.165) is 38.4 Å². The Bertz CT molecular complexity index is 1070. The van der Waals surface area contributed by atoms with Gasteiger partial charge in [0.1, 0.15) is 5.75 Å². The number of amides is 1. The second-order valence-corrected chi connectivity index (χ2v) is 10.7. The number of carbonyl (C=O) groups excluding carboxylic acids is 1. The highest BCUT2D eigenvalue weighted by Gasteiger charge is 2.33. The fraction of sp³-hybridized carbons (Fsp3) is 0.480. The number of piperidine rings is 1. The molecule has 8 nitrogen and oxygen atoms in total. The average Bonchev–Trinajstić information content (AvgIpc) is 2.88. The van der Waals surface area contributed by atoms with Crippen LogP contribution >= 0.6 is 0 Å². The van der Waals surface area contributed by atoms with E-state index in [4.69, 9.17) is 9.47 Å². The number of nitrogens with zero attached hydrogens (tertiary/aromatic N) is 2. The Hall–Kier alpha value is -2.46. The number of hydrogen-bond acceptors (Lipinski definition) is 6. The summed E-state index contributed by atoms with van der Waals surface area (Å²) in [7, 11) is -2.12. The maximum atomic E-state index is 13.1. The summed E-state index contributed by atoms with van der Waals surface area (Å²) in [6.45, 7) is 5.30. The minimum atomic E-state index is -3.66. The largest absolute Gasteiger partial charge is 0.497 e. The number of hydrogen-bond donors (Lipinski definition) is 1. The lowest BCUT2D eigenvalue weighted by Gasteiger charge is -2.31. The zero-order valence-corrected chi connectivity index (χ0v) is 20.4. The molecule has 34 heavy (non-hydrogen) atoms. The van der Waals surface area contributed by atoms with Crippen molar-refractivity contribution in [1.29, 1.82) is 0 Å². The molecular formula is C25H33N3O5S. The quantitative estimate of drug-likeness (QED) is 0.615. The maximum absolute atomic E-state index is 13.1. The Morgan fingerprint density at radius 2 is 1.82 bits per heavy atom. The number of methoxy groups -OCH3 is 1. The molecule has 0 radical (unpaired) electrons. The summed E-state index contributed by atoms with van der Waals surface area (Å²) in [6.07, 6.45) is 1.33. The normalized spacial score (nSPS) is 20.1. The third-order valence-electron chi connectivity index (χ3n) is 6.42. The van der Waals surface area contributed by atoms with E-state index in [-0.39, 0.29) is 23.3 Å². The first-order chi connectivity index (χ1) is 16.5. The van der Waals surface area contributed by atoms with Crippen LogP contribution in [0.5, 0.6) is 5.75 Å². The highest BCUT2D eigenvalue weighted by atomic mass is 32.2. The van der Waals surface area contributed by atoms with Gasteiger partial charge in [-0.2, -0.15) is 4.31 Å². The maximum Gasteiger partial charge on any atom is 0.243 e. The average molecular weight is 488 g/mol. The molecule has 0 unspecified atom stereocenters. The number of rotatable bonds is 8. The Labute approximate surface area is 201 Å². The summed E-state index contributed by atoms with van der Waals surface area (Å²) in [5.41, 5.74) is 2.25. The summed E-state index contributed by atoms with van der Waals surface area (Å²) in [5, 5.41) is 3.02. The first kappa shape index (κ1) is 24.7. The van der Waals surface area contributed by atoms with Crippen molar-refractivity contribution in [3.8, 4) is 5.75 Å². The molecule has 1 N–H and O–H groups in total. The van der Waals surface area contributed by atoms with Gasteiger partial charge in [0.2, 0.25) is 15.9 Å². The van der Waals surface area contributed by atoms with Crippen LogP contribution in [0.4, 0.5) is 0 Å². The molecule has 2 aromatic rings. The fourth-order valence-electron chi connectivity index (χ4n) is 4.46. The number of sulfonamides is 1. The molecule has 0 aliphatic carbocycles. The Balaban J connectivity index is 1.33. The lowest BCUT2D eigenvalue weighted by molar-refractivity contribution is -0.126. The monoisotopic (exact) mass is 487 g/mol. The first-order valence-corrected chi connectivity index (χ1v) is 13.2. The van der Waals surface area contributed by atoms with Gasteiger partial charge in [-0.05, 0) is 48.2 Å². The highest BCUT2D eigenvalue weighted by Crippen LogP contribution is 2.25. The van der Waals surface area contributed by atoms with Crippen molar-refractivity contribution in [3.05, 3.63) is 59.7 Å². The van der Waals surface area contributed by atoms with Crippen LogP contribution in [0.1, 0.15) is 24.0 Å². The van der Waals surface area contributed by atoms with Gasteiger partial charge in [-0.3, -0.25) is 9.69 Å². The topological polar surface area (TPSA) is 88.2 Å². The Morgan fingerprint density at radius 1 is 1.09 bits per heavy atom. The van der Waals surface area contributed by atoms with E-state index in [2.05, 4.69) is 22.3 Å². The molecule has 184 valence electrons. The van der Waals surface area contributed by atoms with Gasteiger partial charge >= 0.3 is 0 Å². The van der Waals surface area contributed by atoms with Crippen molar-refractivity contribution in [2.75, 3.05) is 46.5 Å². The first-order valence-electron chi connectivity index (χ1n) is 11.8. The summed E-state index contributed by atoms with van der Waals surface area (Å²) in [4.78, 5) is 15.5. The fourth-order valence-corrected chi connectivity index (χ4v) is 5.98. The van der Waals surface area contributed by atoms with Crippen molar-refractivity contribution in [3.63, 3.8) is 0 Å². The van der Waals surface area contributed by atoms with Crippen molar-refractivity contribution in [2.24, 2.45) is 5.92 Å². The van der Waals surface area contributed by atoms with E-state index < -0.39 is 10.0 Å². The Kier molecular flexibility index (Phi) is 8.20. The predicted octanol–water partition coefficient (Wildman–Crippen LogP) is 2.24. The standard InChI is InChI=1S/C25H33N3O5S/c1-32-23-7-9-24(10-8-23)34(30,31)28-11-3-6-22(19-28)25(29)26-17-20-4-2-5-21(16-20)18-27-12-14-33-15-13-27/h2,4-5,7-10,16,22H,3,6,11-15,17-19H2,1H3,(H,26,29)/t22-/m0/s1. The molecule has 2 aliphatic heterocycles. The van der Waals surface area contributed by atoms with Gasteiger partial charge in [0, 0.05) is 39.3 Å². The van der Waals surface area contributed by atoms with Crippen molar-refractivity contribution < 1.29 is 22.7 Å². The van der Waals surface area contributed by atoms with Gasteiger partial charge in [0.05, 0.1) is 31.1 Å². The zero-order valence-electron chi connectivity index (χ0n) is 19.6. The Morgan fingerprint density at radius 3 is 2.56 bits per heavy atom. The molecule has 2 fully saturated rings. The molecule has 0 spiro atoms. The molecular weight excluding hydrogens is 454 g/mol. The molecule has 4 rings (SSSR count). The summed E-state index contributed by atoms with van der Waals surface area (Å²) < 4.78 is 38.1. The third-order valence-corrected chi connectivity index (χ3v) is 8.30. The number of nitrogens with one attached hydrogen (secondary N) is 1. The van der Waals surface area contributed by atoms with Crippen LogP contribution < -0.4 is 10.1 Å². The van der Waals surface area contributed by atoms with Crippen LogP contribution in [0.15, 0.2) is 53.4 Å². The number of morpholine rings is 1. The van der Waals surface area contributed by atoms with Gasteiger partial charge in [-0.15, -0.1) is 0 Å². The number of benzene rings is 2. The molecule has 2 saturated heterocycles. The van der Waals surface area contributed by atoms with E-state index in [1.54, 1.807) is 24.3 Å². The molecule has 1 atom stereocenters. The molecule has 2 heterocycles. The highest BCUT2D eigenvalue weighted by molar-refractivity contribution is 7.89. The molecule has 2 aliphatic rings. The zero-order chi connectivity index (χ0) is 24.0. The van der Waals surface area contributed by atoms with Crippen molar-refractivity contribution in [2.45, 2.75) is 30.8 Å². The van der Waals surface area contributed by atoms with Crippen LogP contribution in [0, 0.1) is 5.92 Å². The van der Waals surface area contributed by atoms with Crippen LogP contribution in [-0.2, 0) is 32.6 Å². The van der Waals surface area contributed by atoms with Crippen LogP contribution in [0.2, 0.25) is 0 Å². The van der Waals surface area contributed by atoms with E-state index in [0.29, 0.717) is 31.7 Å². The number of ether oxygens (including phenoxy) is 2. The molecule has 0 saturated carbocycles. The predicted molar refractivity (Wildman–Crippen MR) is 129 cm³/mol. The van der Waals surface area contributed by atoms with E-state index in [1.807, 2.05) is 12.1 Å². The minimum Gasteiger partial charge on any atom is -0.497 e. The van der Waals surface area contributed by atoms with Crippen molar-refractivity contribution in [1.82, 2.24) is 14.5 Å². The van der Waals surface area contributed by atoms with E-state index >= 15 is 0 Å². The van der Waals surface area contributed by atoms with Crippen LogP contribution in [0.25, 0.3) is 0 Å². The lowest BCUT2D eigenvalue weighted by Crippen LogP contribution is -2.45. The van der Waals surface area contributed by atoms with Crippen LogP contribution in [-0.4, -0.2) is 70.0 Å². The van der Waals surface area contributed by atoms with Gasteiger partial charge < -0.3 is 14.8 Å². The summed E-state index contributed by atoms with van der Waals surface area (Å²) >= 11 is 0. The van der Waals surface area contributed by atoms with Crippen LogP contribution in [0.3, 0.4) is 0 Å². The summed E-state index contributed by atoms with van der Waals surface area (Å²) in [6, 6.07) is 14.6. The second kappa shape index (κ2) is 11.3. The number of carbonyl (C=O) groups is 1. The SMILES string of the molecule is COc1ccc(S(=O)(=O)N2CCC[C@H](C(=O)NCc3cccc(CN4CCOCC4)c3)C2)cc1. The molecule has 0 aromatic heterocycles. The van der Waals surface area contributed by atoms with Gasteiger partial charge in [0.25, 0.3) is 0 Å². The third kappa shape index (κ3) is 6.15. The molecule has 0 bridgehead atoms. The summed E-state index contributed by atoms with van der Waals surface area (Å²) in [5.74, 6) is 0.135. The van der Waals surface area contributed by atoms with E-state index in [9.17, 15) is 13.2 Å². The van der Waals surface area contributed by atoms with Gasteiger partial charge in [-0.1, -0.05) is 24.3 Å². The van der Waals surface area contributed by atoms with E-state index in [1.165, 1.54) is 17.0 Å². The molecule has 9 heteroatoms.